The van der Waals surface area contributed by atoms with Gasteiger partial charge in [0, 0.05) is 12.8 Å². The first-order valence-electron chi connectivity index (χ1n) is 8.64. The Labute approximate surface area is 134 Å². The van der Waals surface area contributed by atoms with Crippen molar-refractivity contribution in [2.75, 3.05) is 0 Å². The van der Waals surface area contributed by atoms with Crippen LogP contribution in [0.2, 0.25) is 0 Å². The van der Waals surface area contributed by atoms with Crippen LogP contribution in [0.15, 0.2) is 18.2 Å². The average Bonchev–Trinajstić information content (AvgIpc) is 3.11. The van der Waals surface area contributed by atoms with Gasteiger partial charge in [-0.25, -0.2) is 0 Å². The van der Waals surface area contributed by atoms with E-state index in [1.54, 1.807) is 0 Å². The van der Waals surface area contributed by atoms with Gasteiger partial charge in [0.1, 0.15) is 11.6 Å². The molecule has 1 aromatic rings. The number of ketones is 2. The van der Waals surface area contributed by atoms with Crippen LogP contribution in [0.4, 0.5) is 0 Å². The van der Waals surface area contributed by atoms with Crippen LogP contribution < -0.4 is 0 Å². The third-order valence-electron chi connectivity index (χ3n) is 6.86. The number of aliphatic hydroxyl groups excluding tert-OH is 2. The third-order valence-corrected chi connectivity index (χ3v) is 6.86. The van der Waals surface area contributed by atoms with Crippen LogP contribution in [0.25, 0.3) is 0 Å². The molecule has 5 rings (SSSR count). The highest BCUT2D eigenvalue weighted by atomic mass is 16.3. The quantitative estimate of drug-likeness (QED) is 0.769. The fourth-order valence-corrected chi connectivity index (χ4v) is 6.05. The van der Waals surface area contributed by atoms with Crippen molar-refractivity contribution in [1.29, 1.82) is 0 Å². The topological polar surface area (TPSA) is 74.6 Å². The Morgan fingerprint density at radius 1 is 0.783 bits per heavy atom. The number of hydrogen-bond acceptors (Lipinski definition) is 4. The van der Waals surface area contributed by atoms with E-state index < -0.39 is 12.2 Å². The molecule has 0 radical (unpaired) electrons. The van der Waals surface area contributed by atoms with E-state index in [2.05, 4.69) is 0 Å². The van der Waals surface area contributed by atoms with Crippen LogP contribution in [-0.4, -0.2) is 21.8 Å². The summed E-state index contributed by atoms with van der Waals surface area (Å²) in [5.74, 6) is 0.0507. The molecule has 2 saturated carbocycles. The van der Waals surface area contributed by atoms with Gasteiger partial charge in [-0.15, -0.1) is 0 Å². The van der Waals surface area contributed by atoms with E-state index in [4.69, 9.17) is 0 Å². The summed E-state index contributed by atoms with van der Waals surface area (Å²) >= 11 is 0. The highest BCUT2D eigenvalue weighted by Crippen LogP contribution is 2.62. The van der Waals surface area contributed by atoms with Crippen molar-refractivity contribution in [3.63, 3.8) is 0 Å². The third kappa shape index (κ3) is 1.58. The second kappa shape index (κ2) is 4.52. The SMILES string of the molecule is O=C1CCC2C1C(O)c1cccc3c1C2C1CCC(=O)C1C3O. The second-order valence-electron chi connectivity index (χ2n) is 7.65. The van der Waals surface area contributed by atoms with Crippen molar-refractivity contribution < 1.29 is 19.8 Å². The van der Waals surface area contributed by atoms with Gasteiger partial charge in [0.05, 0.1) is 24.0 Å². The molecule has 6 unspecified atom stereocenters. The molecular weight excluding hydrogens is 292 g/mol. The average molecular weight is 312 g/mol. The molecular formula is C19H20O4. The molecule has 0 amide bonds. The minimum Gasteiger partial charge on any atom is -0.388 e. The monoisotopic (exact) mass is 312 g/mol. The predicted molar refractivity (Wildman–Crippen MR) is 81.5 cm³/mol. The first kappa shape index (κ1) is 13.9. The Balaban J connectivity index is 1.77. The Bertz CT molecular complexity index is 668. The van der Waals surface area contributed by atoms with Gasteiger partial charge in [0.25, 0.3) is 0 Å². The molecule has 120 valence electrons. The number of fused-ring (bicyclic) bond motifs is 4. The molecule has 0 aliphatic heterocycles. The molecule has 2 fully saturated rings. The summed E-state index contributed by atoms with van der Waals surface area (Å²) in [5, 5.41) is 21.5. The Kier molecular flexibility index (Phi) is 2.73. The summed E-state index contributed by atoms with van der Waals surface area (Å²) in [6, 6.07) is 5.61. The molecule has 4 aliphatic carbocycles. The van der Waals surface area contributed by atoms with Crippen LogP contribution in [0.3, 0.4) is 0 Å². The van der Waals surface area contributed by atoms with Crippen LogP contribution >= 0.6 is 0 Å². The molecule has 0 aromatic heterocycles. The molecule has 4 heteroatoms. The smallest absolute Gasteiger partial charge is 0.139 e. The van der Waals surface area contributed by atoms with Gasteiger partial charge >= 0.3 is 0 Å². The molecule has 0 saturated heterocycles. The standard InChI is InChI=1S/C19H20O4/c20-12-6-4-8-14-9-5-7-13(21)17(9)19(23)11-3-1-2-10(15(11)14)18(22)16(8)12/h1-3,8-9,14,16-19,22-23H,4-7H2. The number of Topliss-reactive ketones (excluding diaryl/α,β-unsaturated/α-hetero) is 2. The van der Waals surface area contributed by atoms with E-state index >= 15 is 0 Å². The summed E-state index contributed by atoms with van der Waals surface area (Å²) in [5.41, 5.74) is 2.65. The molecule has 0 spiro atoms. The predicted octanol–water partition coefficient (Wildman–Crippen LogP) is 2.05. The first-order chi connectivity index (χ1) is 11.1. The summed E-state index contributed by atoms with van der Waals surface area (Å²) in [7, 11) is 0. The lowest BCUT2D eigenvalue weighted by Gasteiger charge is -2.48. The maximum atomic E-state index is 12.3. The maximum absolute atomic E-state index is 12.3. The zero-order chi connectivity index (χ0) is 15.9. The largest absolute Gasteiger partial charge is 0.388 e. The minimum absolute atomic E-state index is 0.122. The van der Waals surface area contributed by atoms with E-state index in [0.29, 0.717) is 12.8 Å². The molecule has 1 aromatic carbocycles. The van der Waals surface area contributed by atoms with Gasteiger partial charge in [-0.05, 0) is 47.3 Å². The van der Waals surface area contributed by atoms with Crippen LogP contribution in [0.1, 0.15) is 60.5 Å². The van der Waals surface area contributed by atoms with Crippen molar-refractivity contribution in [3.05, 3.63) is 34.9 Å². The molecule has 4 nitrogen and oxygen atoms in total. The number of aliphatic hydroxyl groups is 2. The Hall–Kier alpha value is -1.52. The van der Waals surface area contributed by atoms with Crippen molar-refractivity contribution in [2.24, 2.45) is 23.7 Å². The zero-order valence-corrected chi connectivity index (χ0v) is 12.8. The lowest BCUT2D eigenvalue weighted by molar-refractivity contribution is -0.127. The maximum Gasteiger partial charge on any atom is 0.139 e. The zero-order valence-electron chi connectivity index (χ0n) is 12.8. The van der Waals surface area contributed by atoms with E-state index in [0.717, 1.165) is 29.5 Å². The van der Waals surface area contributed by atoms with E-state index in [-0.39, 0.29) is 41.2 Å². The van der Waals surface area contributed by atoms with Crippen LogP contribution in [0.5, 0.6) is 0 Å². The lowest BCUT2D eigenvalue weighted by atomic mass is 9.57. The van der Waals surface area contributed by atoms with E-state index in [1.165, 1.54) is 0 Å². The Morgan fingerprint density at radius 3 is 1.74 bits per heavy atom. The van der Waals surface area contributed by atoms with Crippen molar-refractivity contribution in [2.45, 2.75) is 43.8 Å². The molecule has 0 bridgehead atoms. The first-order valence-corrected chi connectivity index (χ1v) is 8.64. The van der Waals surface area contributed by atoms with Crippen molar-refractivity contribution in [1.82, 2.24) is 0 Å². The van der Waals surface area contributed by atoms with Crippen molar-refractivity contribution >= 4 is 11.6 Å². The summed E-state index contributed by atoms with van der Waals surface area (Å²) in [4.78, 5) is 24.7. The normalized spacial score (nSPS) is 44.0. The van der Waals surface area contributed by atoms with E-state index in [9.17, 15) is 19.8 Å². The molecule has 4 aliphatic rings. The number of benzene rings is 1. The van der Waals surface area contributed by atoms with Crippen LogP contribution in [0, 0.1) is 23.7 Å². The molecule has 23 heavy (non-hydrogen) atoms. The number of carbonyl (C=O) groups is 2. The molecule has 6 atom stereocenters. The molecule has 2 N–H and O–H groups in total. The van der Waals surface area contributed by atoms with Gasteiger partial charge < -0.3 is 10.2 Å². The van der Waals surface area contributed by atoms with Gasteiger partial charge in [-0.1, -0.05) is 18.2 Å². The summed E-state index contributed by atoms with van der Waals surface area (Å²) < 4.78 is 0. The van der Waals surface area contributed by atoms with Crippen LogP contribution in [-0.2, 0) is 9.59 Å². The number of carbonyl (C=O) groups excluding carboxylic acids is 2. The van der Waals surface area contributed by atoms with Gasteiger partial charge in [-0.2, -0.15) is 0 Å². The minimum atomic E-state index is -0.762. The summed E-state index contributed by atoms with van der Waals surface area (Å²) in [6.07, 6.45) is 1.13. The second-order valence-corrected chi connectivity index (χ2v) is 7.65. The van der Waals surface area contributed by atoms with Crippen molar-refractivity contribution in [3.8, 4) is 0 Å². The number of hydrogen-bond donors (Lipinski definition) is 2. The van der Waals surface area contributed by atoms with Gasteiger partial charge in [0.2, 0.25) is 0 Å². The lowest BCUT2D eigenvalue weighted by Crippen LogP contribution is -2.43. The molecule has 0 heterocycles. The fraction of sp³-hybridized carbons (Fsp3) is 0.579. The van der Waals surface area contributed by atoms with E-state index in [1.807, 2.05) is 18.2 Å². The number of rotatable bonds is 0. The highest BCUT2D eigenvalue weighted by molar-refractivity contribution is 5.87. The van der Waals surface area contributed by atoms with Gasteiger partial charge in [0.15, 0.2) is 0 Å². The Morgan fingerprint density at radius 2 is 1.26 bits per heavy atom. The van der Waals surface area contributed by atoms with Gasteiger partial charge in [-0.3, -0.25) is 9.59 Å². The fourth-order valence-electron chi connectivity index (χ4n) is 6.05. The summed E-state index contributed by atoms with van der Waals surface area (Å²) in [6.45, 7) is 0. The highest BCUT2D eigenvalue weighted by Gasteiger charge is 2.58.